The molecule has 1 amide bonds. The van der Waals surface area contributed by atoms with Crippen LogP contribution in [0.4, 0.5) is 10.2 Å². The molecule has 1 aliphatic carbocycles. The number of rotatable bonds is 4. The zero-order valence-electron chi connectivity index (χ0n) is 15.9. The Morgan fingerprint density at radius 3 is 2.86 bits per heavy atom. The van der Waals surface area contributed by atoms with E-state index in [1.807, 2.05) is 4.40 Å². The van der Waals surface area contributed by atoms with Gasteiger partial charge in [-0.25, -0.2) is 19.3 Å². The second-order valence-electron chi connectivity index (χ2n) is 7.58. The minimum atomic E-state index is -0.443. The van der Waals surface area contributed by atoms with Gasteiger partial charge < -0.3 is 10.3 Å². The number of carbonyl (C=O) groups is 1. The van der Waals surface area contributed by atoms with E-state index in [9.17, 15) is 9.18 Å². The van der Waals surface area contributed by atoms with Crippen LogP contribution in [0.1, 0.15) is 49.3 Å². The van der Waals surface area contributed by atoms with Crippen LogP contribution in [0.3, 0.4) is 0 Å². The van der Waals surface area contributed by atoms with Crippen LogP contribution in [0.15, 0.2) is 36.9 Å². The Morgan fingerprint density at radius 2 is 2.07 bits per heavy atom. The van der Waals surface area contributed by atoms with E-state index in [0.29, 0.717) is 17.4 Å². The molecule has 4 aromatic heterocycles. The quantitative estimate of drug-likeness (QED) is 0.550. The molecule has 29 heavy (non-hydrogen) atoms. The van der Waals surface area contributed by atoms with Crippen LogP contribution >= 0.6 is 0 Å². The standard InChI is InChI=1S/C21H21FN6O/c22-15-6-7-17(23-10-15)27-19(29)8-14-9-24-21-20(14)28-12-16(26-18(28)11-25-21)13-4-2-1-3-5-13/h6-7,9-13,24H,1-5,8H2,(H,23,27,29). The van der Waals surface area contributed by atoms with Gasteiger partial charge in [0.2, 0.25) is 5.91 Å². The van der Waals surface area contributed by atoms with Crippen LogP contribution in [-0.2, 0) is 11.2 Å². The third kappa shape index (κ3) is 3.46. The summed E-state index contributed by atoms with van der Waals surface area (Å²) >= 11 is 0. The smallest absolute Gasteiger partial charge is 0.230 e. The highest BCUT2D eigenvalue weighted by Gasteiger charge is 2.20. The molecule has 5 rings (SSSR count). The lowest BCUT2D eigenvalue weighted by Crippen LogP contribution is -2.15. The first-order valence-corrected chi connectivity index (χ1v) is 9.93. The summed E-state index contributed by atoms with van der Waals surface area (Å²) in [6, 6.07) is 2.70. The summed E-state index contributed by atoms with van der Waals surface area (Å²) < 4.78 is 15.0. The van der Waals surface area contributed by atoms with Crippen molar-refractivity contribution in [2.75, 3.05) is 5.32 Å². The molecule has 0 bridgehead atoms. The van der Waals surface area contributed by atoms with Gasteiger partial charge in [-0.15, -0.1) is 0 Å². The number of hydrogen-bond acceptors (Lipinski definition) is 4. The van der Waals surface area contributed by atoms with Crippen molar-refractivity contribution in [1.82, 2.24) is 24.3 Å². The molecule has 4 aromatic rings. The molecule has 8 heteroatoms. The van der Waals surface area contributed by atoms with Crippen molar-refractivity contribution in [3.05, 3.63) is 54.0 Å². The number of nitrogens with one attached hydrogen (secondary N) is 2. The van der Waals surface area contributed by atoms with Gasteiger partial charge >= 0.3 is 0 Å². The Hall–Kier alpha value is -3.29. The van der Waals surface area contributed by atoms with Crippen molar-refractivity contribution >= 4 is 28.5 Å². The van der Waals surface area contributed by atoms with Crippen molar-refractivity contribution in [2.24, 2.45) is 0 Å². The number of imidazole rings is 1. The fourth-order valence-electron chi connectivity index (χ4n) is 4.16. The fourth-order valence-corrected chi connectivity index (χ4v) is 4.16. The van der Waals surface area contributed by atoms with E-state index < -0.39 is 5.82 Å². The highest BCUT2D eigenvalue weighted by molar-refractivity contribution is 5.94. The first-order valence-electron chi connectivity index (χ1n) is 9.93. The lowest BCUT2D eigenvalue weighted by atomic mass is 9.87. The predicted molar refractivity (Wildman–Crippen MR) is 107 cm³/mol. The van der Waals surface area contributed by atoms with Crippen molar-refractivity contribution in [3.8, 4) is 0 Å². The van der Waals surface area contributed by atoms with Crippen LogP contribution in [0.5, 0.6) is 0 Å². The summed E-state index contributed by atoms with van der Waals surface area (Å²) in [6.07, 6.45) is 13.0. The molecular weight excluding hydrogens is 371 g/mol. The number of nitrogens with zero attached hydrogens (tertiary/aromatic N) is 4. The van der Waals surface area contributed by atoms with E-state index >= 15 is 0 Å². The average molecular weight is 392 g/mol. The first kappa shape index (κ1) is 17.8. The van der Waals surface area contributed by atoms with E-state index in [2.05, 4.69) is 26.5 Å². The highest BCUT2D eigenvalue weighted by Crippen LogP contribution is 2.32. The number of amides is 1. The maximum Gasteiger partial charge on any atom is 0.230 e. The highest BCUT2D eigenvalue weighted by atomic mass is 19.1. The molecule has 1 fully saturated rings. The summed E-state index contributed by atoms with van der Waals surface area (Å²) in [7, 11) is 0. The van der Waals surface area contributed by atoms with Crippen molar-refractivity contribution in [3.63, 3.8) is 0 Å². The Labute approximate surface area is 166 Å². The summed E-state index contributed by atoms with van der Waals surface area (Å²) in [5.41, 5.74) is 4.29. The van der Waals surface area contributed by atoms with Crippen molar-refractivity contribution in [1.29, 1.82) is 0 Å². The number of pyridine rings is 1. The lowest BCUT2D eigenvalue weighted by molar-refractivity contribution is -0.115. The van der Waals surface area contributed by atoms with Gasteiger partial charge in [-0.1, -0.05) is 19.3 Å². The normalized spacial score (nSPS) is 15.2. The van der Waals surface area contributed by atoms with Crippen molar-refractivity contribution in [2.45, 2.75) is 44.4 Å². The molecule has 0 aromatic carbocycles. The Balaban J connectivity index is 1.45. The second kappa shape index (κ2) is 7.27. The predicted octanol–water partition coefficient (Wildman–Crippen LogP) is 3.97. The molecule has 0 radical (unpaired) electrons. The van der Waals surface area contributed by atoms with Gasteiger partial charge in [0.25, 0.3) is 0 Å². The molecule has 7 nitrogen and oxygen atoms in total. The van der Waals surface area contributed by atoms with E-state index in [1.165, 1.54) is 44.2 Å². The second-order valence-corrected chi connectivity index (χ2v) is 7.58. The van der Waals surface area contributed by atoms with E-state index in [1.54, 1.807) is 12.4 Å². The minimum absolute atomic E-state index is 0.150. The number of anilines is 1. The minimum Gasteiger partial charge on any atom is -0.345 e. The largest absolute Gasteiger partial charge is 0.345 e. The molecular formula is C21H21FN6O. The van der Waals surface area contributed by atoms with Gasteiger partial charge in [-0.05, 0) is 25.0 Å². The third-order valence-electron chi connectivity index (χ3n) is 5.58. The molecule has 148 valence electrons. The number of H-pyrrole nitrogens is 1. The Bertz CT molecular complexity index is 1170. The van der Waals surface area contributed by atoms with Crippen molar-refractivity contribution < 1.29 is 9.18 Å². The molecule has 0 spiro atoms. The molecule has 0 atom stereocenters. The molecule has 1 saturated carbocycles. The summed E-state index contributed by atoms with van der Waals surface area (Å²) in [4.78, 5) is 28.8. The molecule has 2 N–H and O–H groups in total. The van der Waals surface area contributed by atoms with E-state index in [4.69, 9.17) is 4.98 Å². The Morgan fingerprint density at radius 1 is 1.21 bits per heavy atom. The summed E-state index contributed by atoms with van der Waals surface area (Å²) in [5.74, 6) is 0.146. The van der Waals surface area contributed by atoms with Gasteiger partial charge in [0.1, 0.15) is 11.6 Å². The van der Waals surface area contributed by atoms with E-state index in [-0.39, 0.29) is 12.3 Å². The summed E-state index contributed by atoms with van der Waals surface area (Å²) in [6.45, 7) is 0. The van der Waals surface area contributed by atoms with Crippen LogP contribution in [-0.4, -0.2) is 30.2 Å². The number of carbonyl (C=O) groups excluding carboxylic acids is 1. The number of aromatic nitrogens is 5. The molecule has 4 heterocycles. The first-order chi connectivity index (χ1) is 14.2. The summed E-state index contributed by atoms with van der Waals surface area (Å²) in [5, 5.41) is 2.70. The van der Waals surface area contributed by atoms with Gasteiger partial charge in [0.05, 0.1) is 30.0 Å². The molecule has 0 saturated heterocycles. The topological polar surface area (TPSA) is 88.0 Å². The van der Waals surface area contributed by atoms with E-state index in [0.717, 1.165) is 28.6 Å². The van der Waals surface area contributed by atoms with Crippen LogP contribution < -0.4 is 5.32 Å². The number of aromatic amines is 1. The molecule has 0 unspecified atom stereocenters. The fraction of sp³-hybridized carbons (Fsp3) is 0.333. The SMILES string of the molecule is O=C(Cc1c[nH]c2ncc3nc(C4CCCCC4)cn3c12)Nc1ccc(F)cn1. The van der Waals surface area contributed by atoms with Crippen LogP contribution in [0.2, 0.25) is 0 Å². The maximum absolute atomic E-state index is 13.0. The third-order valence-corrected chi connectivity index (χ3v) is 5.58. The van der Waals surface area contributed by atoms with Crippen LogP contribution in [0, 0.1) is 5.82 Å². The zero-order valence-corrected chi connectivity index (χ0v) is 15.9. The lowest BCUT2D eigenvalue weighted by Gasteiger charge is -2.19. The van der Waals surface area contributed by atoms with Gasteiger partial charge in [0, 0.05) is 23.9 Å². The Kier molecular flexibility index (Phi) is 4.46. The molecule has 0 aliphatic heterocycles. The number of hydrogen-bond donors (Lipinski definition) is 2. The van der Waals surface area contributed by atoms with Gasteiger partial charge in [-0.3, -0.25) is 9.20 Å². The molecule has 1 aliphatic rings. The van der Waals surface area contributed by atoms with Gasteiger partial charge in [-0.2, -0.15) is 0 Å². The van der Waals surface area contributed by atoms with Crippen LogP contribution in [0.25, 0.3) is 16.8 Å². The van der Waals surface area contributed by atoms with Gasteiger partial charge in [0.15, 0.2) is 11.3 Å². The zero-order chi connectivity index (χ0) is 19.8. The number of fused-ring (bicyclic) bond motifs is 3. The average Bonchev–Trinajstić information content (AvgIpc) is 3.34. The number of halogens is 1. The monoisotopic (exact) mass is 392 g/mol. The maximum atomic E-state index is 13.0.